The number of amides is 4. The number of nitrogens with one attached hydrogen (secondary N) is 1. The minimum absolute atomic E-state index is 0.152. The molecule has 31 heavy (non-hydrogen) atoms. The lowest BCUT2D eigenvalue weighted by molar-refractivity contribution is -0.127. The molecule has 1 saturated heterocycles. The Balaban J connectivity index is 1.73. The highest BCUT2D eigenvalue weighted by atomic mass is 32.2. The highest BCUT2D eigenvalue weighted by Crippen LogP contribution is 2.34. The average molecular weight is 439 g/mol. The van der Waals surface area contributed by atoms with Gasteiger partial charge in [-0.2, -0.15) is 0 Å². The van der Waals surface area contributed by atoms with Gasteiger partial charge in [0.1, 0.15) is 12.3 Å². The summed E-state index contributed by atoms with van der Waals surface area (Å²) in [5, 5.41) is 2.20. The van der Waals surface area contributed by atoms with Crippen LogP contribution in [0.5, 0.6) is 5.75 Å². The minimum atomic E-state index is -0.634. The van der Waals surface area contributed by atoms with Crippen molar-refractivity contribution in [3.63, 3.8) is 0 Å². The fraction of sp³-hybridized carbons (Fsp3) is 0.182. The number of primary amides is 1. The second-order valence-corrected chi connectivity index (χ2v) is 7.92. The Labute approximate surface area is 183 Å². The van der Waals surface area contributed by atoms with Gasteiger partial charge in [-0.1, -0.05) is 30.3 Å². The molecule has 0 atom stereocenters. The van der Waals surface area contributed by atoms with Crippen LogP contribution in [-0.2, 0) is 14.4 Å². The molecule has 0 aliphatic carbocycles. The standard InChI is InChI=1S/C22H21N3O5S/c1-13-7-8-14(2)16(9-13)24-20(27)11-25-21(28)18(31-22(25)29)10-15-5-3-4-6-17(15)30-12-19(23)26/h3-10H,11-12H2,1-2H3,(H2,23,26)(H,24,27)/b18-10+. The zero-order valence-corrected chi connectivity index (χ0v) is 17.8. The van der Waals surface area contributed by atoms with Gasteiger partial charge in [0.2, 0.25) is 5.91 Å². The summed E-state index contributed by atoms with van der Waals surface area (Å²) in [5.74, 6) is -1.33. The van der Waals surface area contributed by atoms with E-state index >= 15 is 0 Å². The highest BCUT2D eigenvalue weighted by Gasteiger charge is 2.36. The number of thioether (sulfide) groups is 1. The molecular weight excluding hydrogens is 418 g/mol. The van der Waals surface area contributed by atoms with E-state index in [1.165, 1.54) is 6.08 Å². The van der Waals surface area contributed by atoms with Crippen molar-refractivity contribution in [2.45, 2.75) is 13.8 Å². The molecule has 0 aromatic heterocycles. The fourth-order valence-corrected chi connectivity index (χ4v) is 3.69. The molecule has 9 heteroatoms. The predicted octanol–water partition coefficient (Wildman–Crippen LogP) is 2.84. The van der Waals surface area contributed by atoms with Gasteiger partial charge in [-0.25, -0.2) is 0 Å². The summed E-state index contributed by atoms with van der Waals surface area (Å²) >= 11 is 0.735. The summed E-state index contributed by atoms with van der Waals surface area (Å²) < 4.78 is 5.35. The van der Waals surface area contributed by atoms with E-state index in [1.54, 1.807) is 24.3 Å². The van der Waals surface area contributed by atoms with E-state index in [-0.39, 0.29) is 11.5 Å². The molecule has 0 bridgehead atoms. The summed E-state index contributed by atoms with van der Waals surface area (Å²) in [6.45, 7) is 3.05. The van der Waals surface area contributed by atoms with Crippen molar-refractivity contribution < 1.29 is 23.9 Å². The number of hydrogen-bond donors (Lipinski definition) is 2. The van der Waals surface area contributed by atoms with Crippen molar-refractivity contribution in [1.29, 1.82) is 0 Å². The predicted molar refractivity (Wildman–Crippen MR) is 118 cm³/mol. The Hall–Kier alpha value is -3.59. The van der Waals surface area contributed by atoms with Crippen LogP contribution < -0.4 is 15.8 Å². The van der Waals surface area contributed by atoms with E-state index in [0.717, 1.165) is 27.8 Å². The Morgan fingerprint density at radius 2 is 1.90 bits per heavy atom. The first-order valence-electron chi connectivity index (χ1n) is 9.37. The van der Waals surface area contributed by atoms with Gasteiger partial charge in [-0.15, -0.1) is 0 Å². The summed E-state index contributed by atoms with van der Waals surface area (Å²) in [7, 11) is 0. The van der Waals surface area contributed by atoms with Gasteiger partial charge < -0.3 is 15.8 Å². The van der Waals surface area contributed by atoms with Crippen LogP contribution in [0.1, 0.15) is 16.7 Å². The summed E-state index contributed by atoms with van der Waals surface area (Å²) in [6, 6.07) is 12.4. The topological polar surface area (TPSA) is 119 Å². The Bertz CT molecular complexity index is 1100. The maximum absolute atomic E-state index is 12.7. The Morgan fingerprint density at radius 3 is 2.65 bits per heavy atom. The van der Waals surface area contributed by atoms with Gasteiger partial charge in [0, 0.05) is 11.3 Å². The smallest absolute Gasteiger partial charge is 0.294 e. The van der Waals surface area contributed by atoms with Crippen LogP contribution in [0.15, 0.2) is 47.4 Å². The van der Waals surface area contributed by atoms with E-state index in [0.29, 0.717) is 17.0 Å². The lowest BCUT2D eigenvalue weighted by atomic mass is 10.1. The molecule has 8 nitrogen and oxygen atoms in total. The van der Waals surface area contributed by atoms with Crippen LogP contribution in [-0.4, -0.2) is 41.0 Å². The van der Waals surface area contributed by atoms with Gasteiger partial charge >= 0.3 is 0 Å². The first-order chi connectivity index (χ1) is 14.7. The Morgan fingerprint density at radius 1 is 1.16 bits per heavy atom. The number of hydrogen-bond acceptors (Lipinski definition) is 6. The zero-order chi connectivity index (χ0) is 22.5. The largest absolute Gasteiger partial charge is 0.483 e. The van der Waals surface area contributed by atoms with Gasteiger partial charge in [-0.3, -0.25) is 24.1 Å². The quantitative estimate of drug-likeness (QED) is 0.641. The van der Waals surface area contributed by atoms with Crippen LogP contribution in [0.25, 0.3) is 6.08 Å². The van der Waals surface area contributed by atoms with Crippen LogP contribution in [0, 0.1) is 13.8 Å². The first kappa shape index (κ1) is 22.1. The molecule has 3 rings (SSSR count). The van der Waals surface area contributed by atoms with E-state index in [1.807, 2.05) is 32.0 Å². The van der Waals surface area contributed by atoms with Gasteiger partial charge in [0.25, 0.3) is 17.1 Å². The third-order valence-electron chi connectivity index (χ3n) is 4.42. The summed E-state index contributed by atoms with van der Waals surface area (Å²) in [6.07, 6.45) is 1.49. The monoisotopic (exact) mass is 439 g/mol. The normalized spacial score (nSPS) is 14.8. The molecule has 2 aromatic rings. The van der Waals surface area contributed by atoms with E-state index in [2.05, 4.69) is 5.32 Å². The number of aryl methyl sites for hydroxylation is 2. The van der Waals surface area contributed by atoms with Crippen molar-refractivity contribution in [2.75, 3.05) is 18.5 Å². The first-order valence-corrected chi connectivity index (χ1v) is 10.2. The highest BCUT2D eigenvalue weighted by molar-refractivity contribution is 8.18. The van der Waals surface area contributed by atoms with E-state index in [9.17, 15) is 19.2 Å². The minimum Gasteiger partial charge on any atom is -0.483 e. The SMILES string of the molecule is Cc1ccc(C)c(NC(=O)CN2C(=O)S/C(=C/c3ccccc3OCC(N)=O)C2=O)c1. The molecule has 0 spiro atoms. The second-order valence-electron chi connectivity index (χ2n) is 6.93. The number of imide groups is 1. The third kappa shape index (κ3) is 5.52. The number of ether oxygens (including phenoxy) is 1. The number of nitrogens with zero attached hydrogens (tertiary/aromatic N) is 1. The van der Waals surface area contributed by atoms with Gasteiger partial charge in [0.05, 0.1) is 4.91 Å². The van der Waals surface area contributed by atoms with Crippen LogP contribution in [0.2, 0.25) is 0 Å². The third-order valence-corrected chi connectivity index (χ3v) is 5.33. The summed E-state index contributed by atoms with van der Waals surface area (Å²) in [5.41, 5.74) is 8.10. The molecule has 1 aliphatic rings. The van der Waals surface area contributed by atoms with Crippen molar-refractivity contribution in [3.05, 3.63) is 64.1 Å². The molecule has 1 heterocycles. The van der Waals surface area contributed by atoms with Gasteiger partial charge in [0.15, 0.2) is 6.61 Å². The molecule has 1 aliphatic heterocycles. The maximum atomic E-state index is 12.7. The second kappa shape index (κ2) is 9.48. The van der Waals surface area contributed by atoms with Crippen LogP contribution in [0.3, 0.4) is 0 Å². The molecule has 3 N–H and O–H groups in total. The number of benzene rings is 2. The van der Waals surface area contributed by atoms with Crippen molar-refractivity contribution >= 4 is 46.5 Å². The molecule has 160 valence electrons. The van der Waals surface area contributed by atoms with E-state index in [4.69, 9.17) is 10.5 Å². The number of anilines is 1. The number of carbonyl (C=O) groups excluding carboxylic acids is 4. The zero-order valence-electron chi connectivity index (χ0n) is 17.0. The fourth-order valence-electron chi connectivity index (χ4n) is 2.86. The van der Waals surface area contributed by atoms with Gasteiger partial charge in [-0.05, 0) is 54.9 Å². The molecule has 4 amide bonds. The van der Waals surface area contributed by atoms with Crippen molar-refractivity contribution in [3.8, 4) is 5.75 Å². The molecule has 2 aromatic carbocycles. The lowest BCUT2D eigenvalue weighted by Gasteiger charge is -2.14. The number of para-hydroxylation sites is 1. The molecule has 0 radical (unpaired) electrons. The molecule has 0 unspecified atom stereocenters. The molecule has 0 saturated carbocycles. The van der Waals surface area contributed by atoms with Crippen LogP contribution >= 0.6 is 11.8 Å². The number of carbonyl (C=O) groups is 4. The average Bonchev–Trinajstić information content (AvgIpc) is 2.97. The maximum Gasteiger partial charge on any atom is 0.294 e. The van der Waals surface area contributed by atoms with Crippen molar-refractivity contribution in [1.82, 2.24) is 4.90 Å². The molecular formula is C22H21N3O5S. The number of rotatable bonds is 7. The molecule has 1 fully saturated rings. The lowest BCUT2D eigenvalue weighted by Crippen LogP contribution is -2.36. The van der Waals surface area contributed by atoms with E-state index < -0.39 is 29.5 Å². The van der Waals surface area contributed by atoms with Crippen molar-refractivity contribution in [2.24, 2.45) is 5.73 Å². The summed E-state index contributed by atoms with van der Waals surface area (Å²) in [4.78, 5) is 49.5. The Kier molecular flexibility index (Phi) is 6.76. The van der Waals surface area contributed by atoms with Crippen LogP contribution in [0.4, 0.5) is 10.5 Å². The number of nitrogens with two attached hydrogens (primary N) is 1.